The standard InChI is InChI=1S/C17H19ClFN3O/c1-2-3-16-20-15-10-22(7-6-13(15)17(23)21-16)9-11-4-5-12(19)8-14(11)18/h4-5,8H,2-3,6-7,9-10H2,1H3,(H,20,21,23). The van der Waals surface area contributed by atoms with Crippen LogP contribution in [0.4, 0.5) is 4.39 Å². The van der Waals surface area contributed by atoms with Gasteiger partial charge in [-0.25, -0.2) is 9.37 Å². The van der Waals surface area contributed by atoms with Crippen molar-refractivity contribution in [1.29, 1.82) is 0 Å². The van der Waals surface area contributed by atoms with Crippen LogP contribution < -0.4 is 5.56 Å². The van der Waals surface area contributed by atoms with Crippen LogP contribution in [0.15, 0.2) is 23.0 Å². The summed E-state index contributed by atoms with van der Waals surface area (Å²) in [6.07, 6.45) is 2.38. The van der Waals surface area contributed by atoms with Gasteiger partial charge >= 0.3 is 0 Å². The minimum Gasteiger partial charge on any atom is -0.310 e. The molecular weight excluding hydrogens is 317 g/mol. The lowest BCUT2D eigenvalue weighted by Gasteiger charge is -2.28. The monoisotopic (exact) mass is 335 g/mol. The Morgan fingerprint density at radius 2 is 2.26 bits per heavy atom. The van der Waals surface area contributed by atoms with Crippen LogP contribution in [0.3, 0.4) is 0 Å². The van der Waals surface area contributed by atoms with Crippen molar-refractivity contribution in [2.24, 2.45) is 0 Å². The molecule has 2 heterocycles. The molecule has 0 fully saturated rings. The zero-order chi connectivity index (χ0) is 16.4. The van der Waals surface area contributed by atoms with Gasteiger partial charge in [0.25, 0.3) is 5.56 Å². The Morgan fingerprint density at radius 1 is 1.43 bits per heavy atom. The topological polar surface area (TPSA) is 49.0 Å². The van der Waals surface area contributed by atoms with Crippen LogP contribution in [0.25, 0.3) is 0 Å². The molecule has 0 atom stereocenters. The Labute approximate surface area is 139 Å². The van der Waals surface area contributed by atoms with Crippen molar-refractivity contribution < 1.29 is 4.39 Å². The smallest absolute Gasteiger partial charge is 0.254 e. The molecular formula is C17H19ClFN3O. The van der Waals surface area contributed by atoms with Crippen LogP contribution in [0.1, 0.15) is 36.0 Å². The van der Waals surface area contributed by atoms with Crippen molar-refractivity contribution in [3.8, 4) is 0 Å². The fourth-order valence-corrected chi connectivity index (χ4v) is 3.15. The molecule has 0 aliphatic carbocycles. The molecule has 3 rings (SSSR count). The van der Waals surface area contributed by atoms with Gasteiger partial charge in [-0.1, -0.05) is 24.6 Å². The van der Waals surface area contributed by atoms with Gasteiger partial charge < -0.3 is 4.98 Å². The summed E-state index contributed by atoms with van der Waals surface area (Å²) in [5, 5.41) is 0.432. The third-order valence-corrected chi connectivity index (χ3v) is 4.45. The minimum atomic E-state index is -0.333. The summed E-state index contributed by atoms with van der Waals surface area (Å²) in [7, 11) is 0. The fourth-order valence-electron chi connectivity index (χ4n) is 2.93. The highest BCUT2D eigenvalue weighted by Crippen LogP contribution is 2.22. The zero-order valence-corrected chi connectivity index (χ0v) is 13.8. The summed E-state index contributed by atoms with van der Waals surface area (Å²) in [5.41, 5.74) is 2.50. The minimum absolute atomic E-state index is 0.0158. The Hall–Kier alpha value is -1.72. The lowest BCUT2D eigenvalue weighted by Crippen LogP contribution is -2.35. The van der Waals surface area contributed by atoms with E-state index in [2.05, 4.69) is 21.8 Å². The van der Waals surface area contributed by atoms with Gasteiger partial charge in [0.2, 0.25) is 0 Å². The highest BCUT2D eigenvalue weighted by molar-refractivity contribution is 6.31. The van der Waals surface area contributed by atoms with Crippen LogP contribution >= 0.6 is 11.6 Å². The van der Waals surface area contributed by atoms with Gasteiger partial charge in [-0.2, -0.15) is 0 Å². The number of fused-ring (bicyclic) bond motifs is 1. The molecule has 0 saturated carbocycles. The molecule has 1 aliphatic rings. The first-order chi connectivity index (χ1) is 11.1. The SMILES string of the molecule is CCCc1nc2c(c(=O)[nH]1)CCN(Cc1ccc(F)cc1Cl)C2. The van der Waals surface area contributed by atoms with E-state index in [-0.39, 0.29) is 11.4 Å². The third-order valence-electron chi connectivity index (χ3n) is 4.10. The van der Waals surface area contributed by atoms with Crippen LogP contribution in [0, 0.1) is 5.82 Å². The Bertz CT molecular complexity index is 775. The molecule has 4 nitrogen and oxygen atoms in total. The quantitative estimate of drug-likeness (QED) is 0.934. The van der Waals surface area contributed by atoms with E-state index in [0.717, 1.165) is 42.0 Å². The number of halogens is 2. The van der Waals surface area contributed by atoms with Crippen LogP contribution in [-0.4, -0.2) is 21.4 Å². The van der Waals surface area contributed by atoms with Crippen molar-refractivity contribution >= 4 is 11.6 Å². The number of aromatic nitrogens is 2. The van der Waals surface area contributed by atoms with Crippen molar-refractivity contribution in [2.45, 2.75) is 39.3 Å². The van der Waals surface area contributed by atoms with Crippen LogP contribution in [0.5, 0.6) is 0 Å². The highest BCUT2D eigenvalue weighted by Gasteiger charge is 2.21. The molecule has 1 N–H and O–H groups in total. The third kappa shape index (κ3) is 3.62. The average molecular weight is 336 g/mol. The maximum atomic E-state index is 13.1. The second-order valence-corrected chi connectivity index (χ2v) is 6.29. The first-order valence-corrected chi connectivity index (χ1v) is 8.22. The largest absolute Gasteiger partial charge is 0.310 e. The molecule has 0 spiro atoms. The number of H-pyrrole nitrogens is 1. The Balaban J connectivity index is 1.80. The molecule has 0 amide bonds. The summed E-state index contributed by atoms with van der Waals surface area (Å²) in [6.45, 7) is 4.06. The van der Waals surface area contributed by atoms with Gasteiger partial charge in [-0.15, -0.1) is 0 Å². The van der Waals surface area contributed by atoms with E-state index in [1.165, 1.54) is 12.1 Å². The first-order valence-electron chi connectivity index (χ1n) is 7.84. The average Bonchev–Trinajstić information content (AvgIpc) is 2.50. The van der Waals surface area contributed by atoms with E-state index < -0.39 is 0 Å². The first kappa shape index (κ1) is 16.1. The van der Waals surface area contributed by atoms with Crippen molar-refractivity contribution in [3.05, 3.63) is 62.0 Å². The maximum absolute atomic E-state index is 13.1. The summed E-state index contributed by atoms with van der Waals surface area (Å²) < 4.78 is 13.1. The normalized spacial score (nSPS) is 14.7. The predicted octanol–water partition coefficient (Wildman–Crippen LogP) is 3.07. The molecule has 0 radical (unpaired) electrons. The predicted molar refractivity (Wildman–Crippen MR) is 88.1 cm³/mol. The second-order valence-electron chi connectivity index (χ2n) is 5.88. The van der Waals surface area contributed by atoms with E-state index >= 15 is 0 Å². The maximum Gasteiger partial charge on any atom is 0.254 e. The molecule has 0 unspecified atom stereocenters. The molecule has 1 aliphatic heterocycles. The van der Waals surface area contributed by atoms with Gasteiger partial charge in [0.15, 0.2) is 0 Å². The molecule has 23 heavy (non-hydrogen) atoms. The molecule has 122 valence electrons. The number of hydrogen-bond donors (Lipinski definition) is 1. The van der Waals surface area contributed by atoms with Crippen molar-refractivity contribution in [2.75, 3.05) is 6.54 Å². The van der Waals surface area contributed by atoms with Crippen molar-refractivity contribution in [3.63, 3.8) is 0 Å². The fraction of sp³-hybridized carbons (Fsp3) is 0.412. The van der Waals surface area contributed by atoms with Crippen molar-refractivity contribution in [1.82, 2.24) is 14.9 Å². The molecule has 0 saturated heterocycles. The van der Waals surface area contributed by atoms with Crippen LogP contribution in [0.2, 0.25) is 5.02 Å². The number of aromatic amines is 1. The molecule has 1 aromatic heterocycles. The van der Waals surface area contributed by atoms with Gasteiger partial charge in [0, 0.05) is 36.6 Å². The van der Waals surface area contributed by atoms with Gasteiger partial charge in [0.1, 0.15) is 11.6 Å². The second kappa shape index (κ2) is 6.81. The lowest BCUT2D eigenvalue weighted by atomic mass is 10.1. The highest BCUT2D eigenvalue weighted by atomic mass is 35.5. The Morgan fingerprint density at radius 3 is 3.00 bits per heavy atom. The number of nitrogens with zero attached hydrogens (tertiary/aromatic N) is 2. The number of benzene rings is 1. The molecule has 0 bridgehead atoms. The van der Waals surface area contributed by atoms with Gasteiger partial charge in [-0.3, -0.25) is 9.69 Å². The van der Waals surface area contributed by atoms with E-state index in [0.29, 0.717) is 24.5 Å². The number of nitrogens with one attached hydrogen (secondary N) is 1. The summed E-state index contributed by atoms with van der Waals surface area (Å²) in [4.78, 5) is 21.8. The van der Waals surface area contributed by atoms with E-state index in [1.807, 2.05) is 0 Å². The lowest BCUT2D eigenvalue weighted by molar-refractivity contribution is 0.240. The molecule has 1 aromatic carbocycles. The Kier molecular flexibility index (Phi) is 4.78. The van der Waals surface area contributed by atoms with E-state index in [4.69, 9.17) is 11.6 Å². The van der Waals surface area contributed by atoms with E-state index in [9.17, 15) is 9.18 Å². The molecule has 6 heteroatoms. The van der Waals surface area contributed by atoms with Gasteiger partial charge in [-0.05, 0) is 30.5 Å². The number of hydrogen-bond acceptors (Lipinski definition) is 3. The summed E-state index contributed by atoms with van der Waals surface area (Å²) >= 11 is 6.10. The number of rotatable bonds is 4. The summed E-state index contributed by atoms with van der Waals surface area (Å²) in [5.74, 6) is 0.415. The zero-order valence-electron chi connectivity index (χ0n) is 13.0. The molecule has 2 aromatic rings. The number of aryl methyl sites for hydroxylation is 1. The van der Waals surface area contributed by atoms with Crippen LogP contribution in [-0.2, 0) is 25.9 Å². The summed E-state index contributed by atoms with van der Waals surface area (Å²) in [6, 6.07) is 4.46. The van der Waals surface area contributed by atoms with E-state index in [1.54, 1.807) is 6.07 Å². The van der Waals surface area contributed by atoms with Gasteiger partial charge in [0.05, 0.1) is 5.69 Å².